The normalized spacial score (nSPS) is 16.8. The molecule has 0 spiro atoms. The zero-order valence-corrected chi connectivity index (χ0v) is 14.3. The van der Waals surface area contributed by atoms with E-state index in [0.717, 1.165) is 24.1 Å². The van der Waals surface area contributed by atoms with Crippen LogP contribution in [0.15, 0.2) is 39.6 Å². The van der Waals surface area contributed by atoms with Crippen LogP contribution in [-0.4, -0.2) is 37.8 Å². The van der Waals surface area contributed by atoms with Gasteiger partial charge in [-0.25, -0.2) is 4.79 Å². The van der Waals surface area contributed by atoms with E-state index in [1.807, 2.05) is 19.1 Å². The summed E-state index contributed by atoms with van der Waals surface area (Å²) >= 11 is 0. The van der Waals surface area contributed by atoms with Gasteiger partial charge in [-0.05, 0) is 31.9 Å². The van der Waals surface area contributed by atoms with Crippen LogP contribution >= 0.6 is 0 Å². The third kappa shape index (κ3) is 3.28. The quantitative estimate of drug-likeness (QED) is 0.766. The van der Waals surface area contributed by atoms with Gasteiger partial charge < -0.3 is 19.3 Å². The minimum absolute atomic E-state index is 0.0927. The summed E-state index contributed by atoms with van der Waals surface area (Å²) in [6.45, 7) is 2.69. The van der Waals surface area contributed by atoms with Gasteiger partial charge in [-0.3, -0.25) is 4.98 Å². The highest BCUT2D eigenvalue weighted by atomic mass is 16.5. The predicted molar refractivity (Wildman–Crippen MR) is 89.7 cm³/mol. The first kappa shape index (κ1) is 16.2. The van der Waals surface area contributed by atoms with Crippen molar-refractivity contribution in [2.45, 2.75) is 32.4 Å². The molecule has 0 aliphatic carbocycles. The molecule has 4 rings (SSSR count). The van der Waals surface area contributed by atoms with Crippen LogP contribution in [0.1, 0.15) is 36.2 Å². The average Bonchev–Trinajstić information content (AvgIpc) is 3.40. The van der Waals surface area contributed by atoms with Crippen molar-refractivity contribution >= 4 is 6.03 Å². The fraction of sp³-hybridized carbons (Fsp3) is 0.353. The van der Waals surface area contributed by atoms with Crippen LogP contribution in [0, 0.1) is 6.92 Å². The predicted octanol–water partition coefficient (Wildman–Crippen LogP) is 2.47. The Bertz CT molecular complexity index is 891. The van der Waals surface area contributed by atoms with Gasteiger partial charge >= 0.3 is 6.03 Å². The van der Waals surface area contributed by atoms with Crippen LogP contribution in [0.4, 0.5) is 4.79 Å². The average molecular weight is 354 g/mol. The van der Waals surface area contributed by atoms with Crippen molar-refractivity contribution in [3.8, 4) is 11.4 Å². The first-order chi connectivity index (χ1) is 12.7. The lowest BCUT2D eigenvalue weighted by atomic mass is 10.1. The lowest BCUT2D eigenvalue weighted by Crippen LogP contribution is -2.39. The summed E-state index contributed by atoms with van der Waals surface area (Å²) in [5.41, 5.74) is 1.56. The number of hydrogen-bond acceptors (Lipinski definition) is 7. The Kier molecular flexibility index (Phi) is 4.34. The van der Waals surface area contributed by atoms with Crippen molar-refractivity contribution in [1.29, 1.82) is 0 Å². The summed E-state index contributed by atoms with van der Waals surface area (Å²) in [5, 5.41) is 10.6. The first-order valence-corrected chi connectivity index (χ1v) is 8.41. The molecule has 9 nitrogen and oxygen atoms in total. The molecule has 1 atom stereocenters. The van der Waals surface area contributed by atoms with Crippen molar-refractivity contribution in [3.05, 3.63) is 47.9 Å². The smallest absolute Gasteiger partial charge is 0.318 e. The molecule has 0 bridgehead atoms. The van der Waals surface area contributed by atoms with E-state index in [2.05, 4.69) is 25.6 Å². The van der Waals surface area contributed by atoms with Gasteiger partial charge in [0, 0.05) is 30.6 Å². The van der Waals surface area contributed by atoms with Gasteiger partial charge in [-0.1, -0.05) is 10.3 Å². The highest BCUT2D eigenvalue weighted by Crippen LogP contribution is 2.32. The molecule has 134 valence electrons. The maximum absolute atomic E-state index is 12.5. The highest BCUT2D eigenvalue weighted by molar-refractivity contribution is 5.74. The third-order valence-electron chi connectivity index (χ3n) is 4.27. The molecule has 3 aromatic rings. The van der Waals surface area contributed by atoms with Gasteiger partial charge in [0.15, 0.2) is 5.76 Å². The lowest BCUT2D eigenvalue weighted by molar-refractivity contribution is 0.180. The Morgan fingerprint density at radius 3 is 3.08 bits per heavy atom. The van der Waals surface area contributed by atoms with Crippen LogP contribution in [0.25, 0.3) is 11.4 Å². The molecule has 0 unspecified atom stereocenters. The van der Waals surface area contributed by atoms with Crippen molar-refractivity contribution in [3.63, 3.8) is 0 Å². The maximum Gasteiger partial charge on any atom is 0.318 e. The Balaban J connectivity index is 1.39. The Morgan fingerprint density at radius 2 is 2.31 bits per heavy atom. The van der Waals surface area contributed by atoms with Crippen LogP contribution in [0.2, 0.25) is 0 Å². The van der Waals surface area contributed by atoms with E-state index in [0.29, 0.717) is 24.0 Å². The number of nitrogens with one attached hydrogen (secondary N) is 1. The number of rotatable bonds is 4. The number of carbonyl (C=O) groups excluding carboxylic acids is 1. The van der Waals surface area contributed by atoms with Crippen molar-refractivity contribution < 1.29 is 13.8 Å². The third-order valence-corrected chi connectivity index (χ3v) is 4.27. The van der Waals surface area contributed by atoms with E-state index in [-0.39, 0.29) is 18.6 Å². The highest BCUT2D eigenvalue weighted by Gasteiger charge is 2.32. The largest absolute Gasteiger partial charge is 0.359 e. The molecule has 1 saturated heterocycles. The van der Waals surface area contributed by atoms with Gasteiger partial charge in [0.05, 0.1) is 18.3 Å². The summed E-state index contributed by atoms with van der Waals surface area (Å²) in [4.78, 5) is 22.6. The van der Waals surface area contributed by atoms with E-state index >= 15 is 0 Å². The molecule has 0 aromatic carbocycles. The number of amides is 2. The number of aryl methyl sites for hydroxylation is 1. The van der Waals surface area contributed by atoms with Crippen molar-refractivity contribution in [1.82, 2.24) is 30.5 Å². The number of hydrogen-bond donors (Lipinski definition) is 1. The second-order valence-electron chi connectivity index (χ2n) is 6.13. The SMILES string of the molecule is Cc1cc([C@@H]2CCCN2C(=O)NCc2nc(-c3cccnc3)no2)on1. The Morgan fingerprint density at radius 1 is 1.38 bits per heavy atom. The molecule has 9 heteroatoms. The first-order valence-electron chi connectivity index (χ1n) is 8.41. The second-order valence-corrected chi connectivity index (χ2v) is 6.13. The van der Waals surface area contributed by atoms with Crippen LogP contribution < -0.4 is 5.32 Å². The maximum atomic E-state index is 12.5. The van der Waals surface area contributed by atoms with E-state index in [4.69, 9.17) is 9.05 Å². The Labute approximate surface area is 149 Å². The number of carbonyl (C=O) groups is 1. The van der Waals surface area contributed by atoms with Crippen molar-refractivity contribution in [2.24, 2.45) is 0 Å². The fourth-order valence-electron chi connectivity index (χ4n) is 3.04. The van der Waals surface area contributed by atoms with Crippen LogP contribution in [0.5, 0.6) is 0 Å². The molecule has 3 aromatic heterocycles. The molecule has 0 radical (unpaired) electrons. The van der Waals surface area contributed by atoms with E-state index < -0.39 is 0 Å². The summed E-state index contributed by atoms with van der Waals surface area (Å²) in [5.74, 6) is 1.49. The number of aromatic nitrogens is 4. The van der Waals surface area contributed by atoms with Gasteiger partial charge in [0.2, 0.25) is 11.7 Å². The van der Waals surface area contributed by atoms with Gasteiger partial charge in [-0.2, -0.15) is 4.98 Å². The summed E-state index contributed by atoms with van der Waals surface area (Å²) in [6.07, 6.45) is 5.10. The zero-order valence-electron chi connectivity index (χ0n) is 14.3. The van der Waals surface area contributed by atoms with E-state index in [1.54, 1.807) is 23.4 Å². The zero-order chi connectivity index (χ0) is 17.9. The van der Waals surface area contributed by atoms with Gasteiger partial charge in [-0.15, -0.1) is 0 Å². The molecule has 26 heavy (non-hydrogen) atoms. The molecule has 1 aliphatic rings. The minimum atomic E-state index is -0.192. The monoisotopic (exact) mass is 354 g/mol. The number of nitrogens with zero attached hydrogens (tertiary/aromatic N) is 5. The number of urea groups is 1. The standard InChI is InChI=1S/C17H18N6O3/c1-11-8-14(25-21-11)13-5-3-7-23(13)17(24)19-10-15-20-16(22-26-15)12-4-2-6-18-9-12/h2,4,6,8-9,13H,3,5,7,10H2,1H3,(H,19,24)/t13-/m0/s1. The second kappa shape index (κ2) is 6.95. The molecule has 1 N–H and O–H groups in total. The fourth-order valence-corrected chi connectivity index (χ4v) is 3.04. The van der Waals surface area contributed by atoms with E-state index in [1.165, 1.54) is 0 Å². The topological polar surface area (TPSA) is 110 Å². The number of pyridine rings is 1. The molecular weight excluding hydrogens is 336 g/mol. The van der Waals surface area contributed by atoms with Crippen molar-refractivity contribution in [2.75, 3.05) is 6.54 Å². The minimum Gasteiger partial charge on any atom is -0.359 e. The molecule has 4 heterocycles. The van der Waals surface area contributed by atoms with Crippen LogP contribution in [-0.2, 0) is 6.54 Å². The van der Waals surface area contributed by atoms with Gasteiger partial charge in [0.1, 0.15) is 0 Å². The Hall–Kier alpha value is -3.23. The van der Waals surface area contributed by atoms with Gasteiger partial charge in [0.25, 0.3) is 0 Å². The summed E-state index contributed by atoms with van der Waals surface area (Å²) in [7, 11) is 0. The number of likely N-dealkylation sites (tertiary alicyclic amines) is 1. The molecule has 1 fully saturated rings. The van der Waals surface area contributed by atoms with E-state index in [9.17, 15) is 4.79 Å². The molecule has 1 aliphatic heterocycles. The molecule has 2 amide bonds. The summed E-state index contributed by atoms with van der Waals surface area (Å²) < 4.78 is 10.5. The molecule has 0 saturated carbocycles. The summed E-state index contributed by atoms with van der Waals surface area (Å²) in [6, 6.07) is 5.22. The van der Waals surface area contributed by atoms with Crippen LogP contribution in [0.3, 0.4) is 0 Å². The molecular formula is C17H18N6O3. The lowest BCUT2D eigenvalue weighted by Gasteiger charge is -2.22.